The van der Waals surface area contributed by atoms with Crippen molar-refractivity contribution in [3.8, 4) is 23.0 Å². The molecular weight excluding hydrogens is 372 g/mol. The summed E-state index contributed by atoms with van der Waals surface area (Å²) in [6, 6.07) is 13.9. The van der Waals surface area contributed by atoms with Crippen molar-refractivity contribution in [2.45, 2.75) is 25.0 Å². The molecule has 1 unspecified atom stereocenters. The van der Waals surface area contributed by atoms with Crippen molar-refractivity contribution in [3.63, 3.8) is 0 Å². The van der Waals surface area contributed by atoms with Crippen LogP contribution in [-0.2, 0) is 0 Å². The molecule has 2 aromatic rings. The minimum atomic E-state index is -0.562. The molecule has 0 spiro atoms. The normalized spacial score (nSPS) is 17.2. The second kappa shape index (κ2) is 9.24. The largest absolute Gasteiger partial charge is 0.497 e. The lowest BCUT2D eigenvalue weighted by molar-refractivity contribution is 0.102. The van der Waals surface area contributed by atoms with Crippen molar-refractivity contribution in [2.24, 2.45) is 0 Å². The standard InChI is InChI=1S/C22H28N2O5/c1-26-19-3-2-4-20(12-19)27-14-18(25)13-23-16-7-9-24(10-8-16)17-5-6-21-22(11-17)29-15-28-21/h2-6,11-12,16,18,23,25H,7-10,13-15H2,1H3. The molecule has 0 amide bonds. The summed E-state index contributed by atoms with van der Waals surface area (Å²) in [5.41, 5.74) is 1.17. The number of rotatable bonds is 8. The second-order valence-corrected chi connectivity index (χ2v) is 7.35. The average Bonchev–Trinajstić information content (AvgIpc) is 3.24. The zero-order valence-electron chi connectivity index (χ0n) is 16.7. The summed E-state index contributed by atoms with van der Waals surface area (Å²) >= 11 is 0. The van der Waals surface area contributed by atoms with Gasteiger partial charge >= 0.3 is 0 Å². The highest BCUT2D eigenvalue weighted by atomic mass is 16.7. The molecule has 2 aliphatic heterocycles. The Morgan fingerprint density at radius 3 is 2.72 bits per heavy atom. The van der Waals surface area contributed by atoms with Crippen molar-refractivity contribution < 1.29 is 24.1 Å². The first-order valence-corrected chi connectivity index (χ1v) is 10.0. The third-order valence-electron chi connectivity index (χ3n) is 5.34. The Labute approximate surface area is 171 Å². The van der Waals surface area contributed by atoms with Crippen LogP contribution in [0.1, 0.15) is 12.8 Å². The molecule has 1 atom stereocenters. The first kappa shape index (κ1) is 19.7. The summed E-state index contributed by atoms with van der Waals surface area (Å²) in [6.07, 6.45) is 1.49. The van der Waals surface area contributed by atoms with Gasteiger partial charge in [-0.15, -0.1) is 0 Å². The summed E-state index contributed by atoms with van der Waals surface area (Å²) in [5.74, 6) is 3.07. The van der Waals surface area contributed by atoms with Crippen molar-refractivity contribution in [3.05, 3.63) is 42.5 Å². The summed E-state index contributed by atoms with van der Waals surface area (Å²) in [6.45, 7) is 2.99. The number of hydrogen-bond donors (Lipinski definition) is 2. The van der Waals surface area contributed by atoms with E-state index in [0.29, 0.717) is 25.1 Å². The number of aliphatic hydroxyl groups is 1. The molecule has 29 heavy (non-hydrogen) atoms. The minimum absolute atomic E-state index is 0.246. The van der Waals surface area contributed by atoms with Gasteiger partial charge in [-0.1, -0.05) is 6.07 Å². The van der Waals surface area contributed by atoms with E-state index in [9.17, 15) is 5.11 Å². The summed E-state index contributed by atoms with van der Waals surface area (Å²) in [7, 11) is 1.62. The van der Waals surface area contributed by atoms with E-state index in [1.54, 1.807) is 7.11 Å². The molecule has 0 radical (unpaired) electrons. The Morgan fingerprint density at radius 2 is 1.90 bits per heavy atom. The quantitative estimate of drug-likeness (QED) is 0.705. The molecule has 0 saturated carbocycles. The SMILES string of the molecule is COc1cccc(OCC(O)CNC2CCN(c3ccc4c(c3)OCO4)CC2)c1. The van der Waals surface area contributed by atoms with E-state index in [1.165, 1.54) is 5.69 Å². The monoisotopic (exact) mass is 400 g/mol. The molecule has 1 fully saturated rings. The highest BCUT2D eigenvalue weighted by Gasteiger charge is 2.22. The van der Waals surface area contributed by atoms with Gasteiger partial charge in [0.05, 0.1) is 7.11 Å². The molecule has 0 aliphatic carbocycles. The van der Waals surface area contributed by atoms with Crippen molar-refractivity contribution in [1.82, 2.24) is 5.32 Å². The second-order valence-electron chi connectivity index (χ2n) is 7.35. The fraction of sp³-hybridized carbons (Fsp3) is 0.455. The number of hydrogen-bond acceptors (Lipinski definition) is 7. The molecule has 0 aromatic heterocycles. The van der Waals surface area contributed by atoms with Gasteiger partial charge in [0, 0.05) is 43.5 Å². The van der Waals surface area contributed by atoms with Crippen LogP contribution in [0.4, 0.5) is 5.69 Å². The number of aliphatic hydroxyl groups excluding tert-OH is 1. The van der Waals surface area contributed by atoms with E-state index in [0.717, 1.165) is 43.2 Å². The van der Waals surface area contributed by atoms with Gasteiger partial charge in [0.25, 0.3) is 0 Å². The highest BCUT2D eigenvalue weighted by molar-refractivity contribution is 5.57. The number of nitrogens with one attached hydrogen (secondary N) is 1. The molecule has 156 valence electrons. The Hall–Kier alpha value is -2.64. The van der Waals surface area contributed by atoms with Crippen molar-refractivity contribution >= 4 is 5.69 Å². The molecule has 4 rings (SSSR count). The number of benzene rings is 2. The molecule has 2 heterocycles. The zero-order valence-corrected chi connectivity index (χ0v) is 16.7. The fourth-order valence-corrected chi connectivity index (χ4v) is 3.67. The average molecular weight is 400 g/mol. The van der Waals surface area contributed by atoms with Crippen molar-refractivity contribution in [1.29, 1.82) is 0 Å². The molecule has 2 aromatic carbocycles. The summed E-state index contributed by atoms with van der Waals surface area (Å²) < 4.78 is 21.7. The lowest BCUT2D eigenvalue weighted by atomic mass is 10.0. The van der Waals surface area contributed by atoms with Crippen LogP contribution in [0.2, 0.25) is 0 Å². The third kappa shape index (κ3) is 5.05. The Morgan fingerprint density at radius 1 is 1.10 bits per heavy atom. The van der Waals surface area contributed by atoms with Crippen LogP contribution in [0.15, 0.2) is 42.5 Å². The molecule has 2 aliphatic rings. The topological polar surface area (TPSA) is 72.4 Å². The van der Waals surface area contributed by atoms with E-state index >= 15 is 0 Å². The molecule has 1 saturated heterocycles. The number of fused-ring (bicyclic) bond motifs is 1. The van der Waals surface area contributed by atoms with Gasteiger partial charge in [0.2, 0.25) is 6.79 Å². The number of anilines is 1. The van der Waals surface area contributed by atoms with Gasteiger partial charge < -0.3 is 34.3 Å². The molecule has 7 heteroatoms. The van der Waals surface area contributed by atoms with Crippen LogP contribution in [0.5, 0.6) is 23.0 Å². The van der Waals surface area contributed by atoms with Gasteiger partial charge in [0.15, 0.2) is 11.5 Å². The maximum absolute atomic E-state index is 10.2. The van der Waals surface area contributed by atoms with Crippen LogP contribution >= 0.6 is 0 Å². The first-order valence-electron chi connectivity index (χ1n) is 10.0. The lowest BCUT2D eigenvalue weighted by Crippen LogP contribution is -2.45. The van der Waals surface area contributed by atoms with Crippen LogP contribution in [0.3, 0.4) is 0 Å². The van der Waals surface area contributed by atoms with Gasteiger partial charge in [-0.05, 0) is 37.1 Å². The Balaban J connectivity index is 1.18. The van der Waals surface area contributed by atoms with E-state index in [2.05, 4.69) is 22.3 Å². The molecular formula is C22H28N2O5. The van der Waals surface area contributed by atoms with Gasteiger partial charge in [-0.2, -0.15) is 0 Å². The maximum atomic E-state index is 10.2. The number of ether oxygens (including phenoxy) is 4. The van der Waals surface area contributed by atoms with Gasteiger partial charge in [-0.25, -0.2) is 0 Å². The predicted octanol–water partition coefficient (Wildman–Crippen LogP) is 2.42. The lowest BCUT2D eigenvalue weighted by Gasteiger charge is -2.34. The highest BCUT2D eigenvalue weighted by Crippen LogP contribution is 2.36. The molecule has 2 N–H and O–H groups in total. The smallest absolute Gasteiger partial charge is 0.231 e. The van der Waals surface area contributed by atoms with E-state index < -0.39 is 6.10 Å². The number of nitrogens with zero attached hydrogens (tertiary/aromatic N) is 1. The van der Waals surface area contributed by atoms with Crippen LogP contribution in [0, 0.1) is 0 Å². The predicted molar refractivity (Wildman–Crippen MR) is 110 cm³/mol. The van der Waals surface area contributed by atoms with E-state index in [4.69, 9.17) is 18.9 Å². The number of methoxy groups -OCH3 is 1. The number of piperidine rings is 1. The first-order chi connectivity index (χ1) is 14.2. The molecule has 0 bridgehead atoms. The zero-order chi connectivity index (χ0) is 20.1. The summed E-state index contributed by atoms with van der Waals surface area (Å²) in [5, 5.41) is 13.7. The van der Waals surface area contributed by atoms with Crippen molar-refractivity contribution in [2.75, 3.05) is 45.0 Å². The summed E-state index contributed by atoms with van der Waals surface area (Å²) in [4.78, 5) is 2.36. The maximum Gasteiger partial charge on any atom is 0.231 e. The fourth-order valence-electron chi connectivity index (χ4n) is 3.67. The van der Waals surface area contributed by atoms with Gasteiger partial charge in [-0.3, -0.25) is 0 Å². The third-order valence-corrected chi connectivity index (χ3v) is 5.34. The minimum Gasteiger partial charge on any atom is -0.497 e. The van der Waals surface area contributed by atoms with Gasteiger partial charge in [0.1, 0.15) is 24.2 Å². The Kier molecular flexibility index (Phi) is 6.27. The van der Waals surface area contributed by atoms with Crippen LogP contribution < -0.4 is 29.2 Å². The Bertz CT molecular complexity index is 808. The van der Waals surface area contributed by atoms with E-state index in [-0.39, 0.29) is 6.61 Å². The molecule has 7 nitrogen and oxygen atoms in total. The van der Waals surface area contributed by atoms with Crippen LogP contribution in [-0.4, -0.2) is 57.4 Å². The van der Waals surface area contributed by atoms with E-state index in [1.807, 2.05) is 30.3 Å². The van der Waals surface area contributed by atoms with Crippen LogP contribution in [0.25, 0.3) is 0 Å².